The van der Waals surface area contributed by atoms with Crippen LogP contribution in [0.1, 0.15) is 41.0 Å². The molecule has 1 heterocycles. The Morgan fingerprint density at radius 3 is 2.44 bits per heavy atom. The van der Waals surface area contributed by atoms with Gasteiger partial charge in [0.2, 0.25) is 0 Å². The second-order valence-electron chi connectivity index (χ2n) is 5.76. The molecule has 1 fully saturated rings. The minimum Gasteiger partial charge on any atom is -0.444 e. The van der Waals surface area contributed by atoms with Crippen molar-refractivity contribution >= 4 is 6.09 Å². The van der Waals surface area contributed by atoms with Gasteiger partial charge in [-0.05, 0) is 40.0 Å². The third-order valence-electron chi connectivity index (χ3n) is 2.91. The number of nitrogens with zero attached hydrogens (tertiary/aromatic N) is 1. The first kappa shape index (κ1) is 13.3. The van der Waals surface area contributed by atoms with Crippen LogP contribution in [0, 0.1) is 5.92 Å². The molecule has 0 radical (unpaired) electrons. The van der Waals surface area contributed by atoms with Gasteiger partial charge < -0.3 is 14.7 Å². The van der Waals surface area contributed by atoms with E-state index >= 15 is 0 Å². The number of ether oxygens (including phenoxy) is 1. The average Bonchev–Trinajstić information content (AvgIpc) is 2.08. The van der Waals surface area contributed by atoms with Crippen LogP contribution in [-0.2, 0) is 4.74 Å². The number of hydrogen-bond donors (Lipinski definition) is 1. The van der Waals surface area contributed by atoms with E-state index < -0.39 is 11.7 Å². The SMILES string of the molecule is CC1CC(C)N(C(=O)OC(C)(C)C)CC1O. The number of hydrogen-bond acceptors (Lipinski definition) is 3. The molecule has 4 nitrogen and oxygen atoms in total. The number of amides is 1. The summed E-state index contributed by atoms with van der Waals surface area (Å²) < 4.78 is 5.31. The van der Waals surface area contributed by atoms with Crippen LogP contribution in [0.5, 0.6) is 0 Å². The molecule has 0 aromatic rings. The molecular formula is C12H23NO3. The van der Waals surface area contributed by atoms with Gasteiger partial charge in [0.15, 0.2) is 0 Å². The Hall–Kier alpha value is -0.770. The summed E-state index contributed by atoms with van der Waals surface area (Å²) in [6, 6.07) is 0.133. The minimum absolute atomic E-state index is 0.133. The molecule has 0 saturated carbocycles. The van der Waals surface area contributed by atoms with E-state index in [2.05, 4.69) is 0 Å². The van der Waals surface area contributed by atoms with Crippen molar-refractivity contribution in [2.24, 2.45) is 5.92 Å². The average molecular weight is 229 g/mol. The number of rotatable bonds is 0. The molecule has 1 rings (SSSR count). The number of carbonyl (C=O) groups excluding carboxylic acids is 1. The van der Waals surface area contributed by atoms with Crippen molar-refractivity contribution < 1.29 is 14.6 Å². The van der Waals surface area contributed by atoms with Crippen molar-refractivity contribution in [2.45, 2.75) is 58.8 Å². The van der Waals surface area contributed by atoms with Crippen LogP contribution >= 0.6 is 0 Å². The normalized spacial score (nSPS) is 31.4. The number of likely N-dealkylation sites (tertiary alicyclic amines) is 1. The molecular weight excluding hydrogens is 206 g/mol. The Morgan fingerprint density at radius 2 is 1.94 bits per heavy atom. The van der Waals surface area contributed by atoms with Gasteiger partial charge in [-0.1, -0.05) is 6.92 Å². The molecule has 0 bridgehead atoms. The lowest BCUT2D eigenvalue weighted by Crippen LogP contribution is -2.52. The first-order chi connectivity index (χ1) is 7.20. The van der Waals surface area contributed by atoms with Crippen molar-refractivity contribution in [3.63, 3.8) is 0 Å². The first-order valence-corrected chi connectivity index (χ1v) is 5.88. The van der Waals surface area contributed by atoms with Crippen LogP contribution in [0.4, 0.5) is 4.79 Å². The van der Waals surface area contributed by atoms with Gasteiger partial charge in [-0.3, -0.25) is 0 Å². The van der Waals surface area contributed by atoms with E-state index in [0.29, 0.717) is 6.54 Å². The minimum atomic E-state index is -0.481. The van der Waals surface area contributed by atoms with Gasteiger partial charge in [0, 0.05) is 6.04 Å². The summed E-state index contributed by atoms with van der Waals surface area (Å²) in [6.07, 6.45) is 0.0510. The molecule has 1 saturated heterocycles. The van der Waals surface area contributed by atoms with E-state index in [9.17, 15) is 9.90 Å². The largest absolute Gasteiger partial charge is 0.444 e. The van der Waals surface area contributed by atoms with Crippen LogP contribution in [0.3, 0.4) is 0 Å². The summed E-state index contributed by atoms with van der Waals surface area (Å²) in [5.74, 6) is 0.244. The maximum atomic E-state index is 11.9. The summed E-state index contributed by atoms with van der Waals surface area (Å²) in [4.78, 5) is 13.5. The van der Waals surface area contributed by atoms with Crippen LogP contribution in [0.25, 0.3) is 0 Å². The zero-order valence-corrected chi connectivity index (χ0v) is 10.9. The Labute approximate surface area is 97.6 Å². The predicted molar refractivity (Wildman–Crippen MR) is 62.2 cm³/mol. The first-order valence-electron chi connectivity index (χ1n) is 5.88. The molecule has 0 aliphatic carbocycles. The third-order valence-corrected chi connectivity index (χ3v) is 2.91. The van der Waals surface area contributed by atoms with E-state index in [1.54, 1.807) is 4.90 Å². The number of carbonyl (C=O) groups is 1. The maximum absolute atomic E-state index is 11.9. The molecule has 1 amide bonds. The van der Waals surface area contributed by atoms with E-state index in [1.165, 1.54) is 0 Å². The number of aliphatic hydroxyl groups excluding tert-OH is 1. The smallest absolute Gasteiger partial charge is 0.410 e. The van der Waals surface area contributed by atoms with Crippen LogP contribution in [-0.4, -0.2) is 40.4 Å². The quantitative estimate of drug-likeness (QED) is 0.691. The Balaban J connectivity index is 2.62. The van der Waals surface area contributed by atoms with Gasteiger partial charge in [-0.15, -0.1) is 0 Å². The van der Waals surface area contributed by atoms with Crippen LogP contribution in [0.15, 0.2) is 0 Å². The fourth-order valence-electron chi connectivity index (χ4n) is 1.96. The highest BCUT2D eigenvalue weighted by Crippen LogP contribution is 2.24. The molecule has 1 aliphatic heterocycles. The standard InChI is InChI=1S/C12H23NO3/c1-8-6-9(2)13(7-10(8)14)11(15)16-12(3,4)5/h8-10,14H,6-7H2,1-5H3. The molecule has 0 aromatic heterocycles. The van der Waals surface area contributed by atoms with Crippen molar-refractivity contribution in [3.05, 3.63) is 0 Å². The summed E-state index contributed by atoms with van der Waals surface area (Å²) in [6.45, 7) is 9.91. The van der Waals surface area contributed by atoms with Gasteiger partial charge in [0.1, 0.15) is 5.60 Å². The molecule has 0 spiro atoms. The van der Waals surface area contributed by atoms with Gasteiger partial charge in [-0.2, -0.15) is 0 Å². The highest BCUT2D eigenvalue weighted by molar-refractivity contribution is 5.68. The lowest BCUT2D eigenvalue weighted by molar-refractivity contribution is -0.0261. The van der Waals surface area contributed by atoms with Gasteiger partial charge in [0.05, 0.1) is 12.6 Å². The lowest BCUT2D eigenvalue weighted by Gasteiger charge is -2.39. The molecule has 16 heavy (non-hydrogen) atoms. The number of piperidine rings is 1. The Kier molecular flexibility index (Phi) is 3.84. The fraction of sp³-hybridized carbons (Fsp3) is 0.917. The van der Waals surface area contributed by atoms with Crippen LogP contribution in [0.2, 0.25) is 0 Å². The second kappa shape index (κ2) is 4.62. The van der Waals surface area contributed by atoms with E-state index in [1.807, 2.05) is 34.6 Å². The molecule has 1 N–H and O–H groups in total. The van der Waals surface area contributed by atoms with Crippen molar-refractivity contribution in [1.29, 1.82) is 0 Å². The number of aliphatic hydroxyl groups is 1. The van der Waals surface area contributed by atoms with E-state index in [-0.39, 0.29) is 18.1 Å². The highest BCUT2D eigenvalue weighted by atomic mass is 16.6. The summed E-state index contributed by atoms with van der Waals surface area (Å²) in [7, 11) is 0. The van der Waals surface area contributed by atoms with Crippen molar-refractivity contribution in [1.82, 2.24) is 4.90 Å². The molecule has 94 valence electrons. The van der Waals surface area contributed by atoms with Gasteiger partial charge in [-0.25, -0.2) is 4.79 Å². The lowest BCUT2D eigenvalue weighted by atomic mass is 9.91. The Bertz CT molecular complexity index is 259. The fourth-order valence-corrected chi connectivity index (χ4v) is 1.96. The van der Waals surface area contributed by atoms with Crippen LogP contribution < -0.4 is 0 Å². The Morgan fingerprint density at radius 1 is 1.38 bits per heavy atom. The van der Waals surface area contributed by atoms with Crippen molar-refractivity contribution in [3.8, 4) is 0 Å². The van der Waals surface area contributed by atoms with E-state index in [4.69, 9.17) is 4.74 Å². The highest BCUT2D eigenvalue weighted by Gasteiger charge is 2.34. The molecule has 0 aromatic carbocycles. The summed E-state index contributed by atoms with van der Waals surface area (Å²) in [5, 5.41) is 9.76. The molecule has 4 heteroatoms. The molecule has 1 aliphatic rings. The van der Waals surface area contributed by atoms with E-state index in [0.717, 1.165) is 6.42 Å². The molecule has 3 unspecified atom stereocenters. The molecule has 3 atom stereocenters. The third kappa shape index (κ3) is 3.37. The summed E-state index contributed by atoms with van der Waals surface area (Å²) >= 11 is 0. The predicted octanol–water partition coefficient (Wildman–Crippen LogP) is 2.01. The maximum Gasteiger partial charge on any atom is 0.410 e. The van der Waals surface area contributed by atoms with Gasteiger partial charge >= 0.3 is 6.09 Å². The van der Waals surface area contributed by atoms with Gasteiger partial charge in [0.25, 0.3) is 0 Å². The zero-order chi connectivity index (χ0) is 12.5. The summed E-state index contributed by atoms with van der Waals surface area (Å²) in [5.41, 5.74) is -0.481. The second-order valence-corrected chi connectivity index (χ2v) is 5.76. The number of β-amino-alcohol motifs (C(OH)–C–C–N with tert-alkyl or cyclic N) is 1. The topological polar surface area (TPSA) is 49.8 Å². The monoisotopic (exact) mass is 229 g/mol. The zero-order valence-electron chi connectivity index (χ0n) is 10.9. The van der Waals surface area contributed by atoms with Crippen molar-refractivity contribution in [2.75, 3.05) is 6.54 Å².